The van der Waals surface area contributed by atoms with E-state index < -0.39 is 11.0 Å². The summed E-state index contributed by atoms with van der Waals surface area (Å²) in [6, 6.07) is 2.41. The van der Waals surface area contributed by atoms with Crippen LogP contribution in [0.15, 0.2) is 0 Å². The predicted molar refractivity (Wildman–Crippen MR) is 67.3 cm³/mol. The molecule has 0 spiro atoms. The molecule has 0 radical (unpaired) electrons. The van der Waals surface area contributed by atoms with Gasteiger partial charge in [0, 0.05) is 7.11 Å². The van der Waals surface area contributed by atoms with Crippen molar-refractivity contribution < 1.29 is 9.84 Å². The second-order valence-electron chi connectivity index (χ2n) is 5.89. The van der Waals surface area contributed by atoms with Crippen molar-refractivity contribution in [1.82, 2.24) is 0 Å². The lowest BCUT2D eigenvalue weighted by Crippen LogP contribution is -2.56. The number of nitrogens with zero attached hydrogens (tertiary/aromatic N) is 1. The molecule has 1 aliphatic carbocycles. The summed E-state index contributed by atoms with van der Waals surface area (Å²) in [5, 5.41) is 20.5. The lowest BCUT2D eigenvalue weighted by molar-refractivity contribution is -0.146. The van der Waals surface area contributed by atoms with Gasteiger partial charge in [0.2, 0.25) is 0 Å². The first-order valence-corrected chi connectivity index (χ1v) is 6.54. The van der Waals surface area contributed by atoms with Crippen molar-refractivity contribution in [3.63, 3.8) is 0 Å². The van der Waals surface area contributed by atoms with Crippen LogP contribution in [0.4, 0.5) is 0 Å². The number of nitriles is 1. The molecule has 1 fully saturated rings. The first-order chi connectivity index (χ1) is 7.92. The highest BCUT2D eigenvalue weighted by Crippen LogP contribution is 2.49. The molecule has 0 aromatic carbocycles. The molecule has 1 saturated carbocycles. The fourth-order valence-electron chi connectivity index (χ4n) is 2.97. The van der Waals surface area contributed by atoms with Gasteiger partial charge in [-0.3, -0.25) is 0 Å². The summed E-state index contributed by atoms with van der Waals surface area (Å²) in [4.78, 5) is 0. The number of methoxy groups -OCH3 is 1. The summed E-state index contributed by atoms with van der Waals surface area (Å²) in [5.74, 6) is 0.686. The van der Waals surface area contributed by atoms with Crippen LogP contribution in [0.1, 0.15) is 46.5 Å². The fourth-order valence-corrected chi connectivity index (χ4v) is 2.97. The molecule has 1 atom stereocenters. The van der Waals surface area contributed by atoms with Gasteiger partial charge in [-0.15, -0.1) is 0 Å². The van der Waals surface area contributed by atoms with Gasteiger partial charge in [0.05, 0.1) is 18.1 Å². The molecule has 0 heterocycles. The molecule has 0 aromatic rings. The number of hydrogen-bond acceptors (Lipinski definition) is 3. The highest BCUT2D eigenvalue weighted by atomic mass is 16.5. The Morgan fingerprint density at radius 1 is 1.47 bits per heavy atom. The number of rotatable bonds is 4. The van der Waals surface area contributed by atoms with Crippen LogP contribution in [0.3, 0.4) is 0 Å². The molecule has 1 rings (SSSR count). The zero-order valence-electron chi connectivity index (χ0n) is 11.5. The van der Waals surface area contributed by atoms with E-state index in [2.05, 4.69) is 13.0 Å². The SMILES string of the molecule is COCC(O)(C(C)C)C1(C#N)CCC(C)CC1. The monoisotopic (exact) mass is 239 g/mol. The molecule has 0 aliphatic heterocycles. The van der Waals surface area contributed by atoms with Gasteiger partial charge in [-0.25, -0.2) is 0 Å². The third-order valence-corrected chi connectivity index (χ3v) is 4.49. The van der Waals surface area contributed by atoms with E-state index in [-0.39, 0.29) is 12.5 Å². The fraction of sp³-hybridized carbons (Fsp3) is 0.929. The van der Waals surface area contributed by atoms with Gasteiger partial charge >= 0.3 is 0 Å². The topological polar surface area (TPSA) is 53.2 Å². The van der Waals surface area contributed by atoms with Crippen LogP contribution in [0, 0.1) is 28.6 Å². The van der Waals surface area contributed by atoms with E-state index >= 15 is 0 Å². The number of aliphatic hydroxyl groups is 1. The van der Waals surface area contributed by atoms with Crippen molar-refractivity contribution in [3.8, 4) is 6.07 Å². The summed E-state index contributed by atoms with van der Waals surface area (Å²) in [6.45, 7) is 6.39. The summed E-state index contributed by atoms with van der Waals surface area (Å²) in [5.41, 5.74) is -1.67. The molecule has 0 bridgehead atoms. The Bertz CT molecular complexity index is 287. The number of ether oxygens (including phenoxy) is 1. The van der Waals surface area contributed by atoms with Crippen LogP contribution >= 0.6 is 0 Å². The zero-order valence-corrected chi connectivity index (χ0v) is 11.5. The molecule has 98 valence electrons. The van der Waals surface area contributed by atoms with E-state index in [9.17, 15) is 10.4 Å². The van der Waals surface area contributed by atoms with Gasteiger partial charge in [0.15, 0.2) is 0 Å². The van der Waals surface area contributed by atoms with Gasteiger partial charge in [-0.2, -0.15) is 5.26 Å². The highest BCUT2D eigenvalue weighted by molar-refractivity contribution is 5.14. The first-order valence-electron chi connectivity index (χ1n) is 6.54. The molecular formula is C14H25NO2. The molecule has 1 N–H and O–H groups in total. The van der Waals surface area contributed by atoms with Crippen LogP contribution in [-0.2, 0) is 4.74 Å². The Labute approximate surface area is 105 Å². The predicted octanol–water partition coefficient (Wildman–Crippen LogP) is 2.74. The van der Waals surface area contributed by atoms with Crippen molar-refractivity contribution in [1.29, 1.82) is 5.26 Å². The molecule has 3 nitrogen and oxygen atoms in total. The second kappa shape index (κ2) is 5.37. The lowest BCUT2D eigenvalue weighted by Gasteiger charge is -2.48. The molecule has 17 heavy (non-hydrogen) atoms. The van der Waals surface area contributed by atoms with Crippen LogP contribution in [-0.4, -0.2) is 24.4 Å². The summed E-state index contributed by atoms with van der Waals surface area (Å²) in [7, 11) is 1.59. The minimum Gasteiger partial charge on any atom is -0.386 e. The average molecular weight is 239 g/mol. The average Bonchev–Trinajstić information content (AvgIpc) is 2.30. The van der Waals surface area contributed by atoms with Crippen molar-refractivity contribution in [2.45, 2.75) is 52.1 Å². The first kappa shape index (κ1) is 14.5. The van der Waals surface area contributed by atoms with Crippen LogP contribution in [0.2, 0.25) is 0 Å². The van der Waals surface area contributed by atoms with Crippen molar-refractivity contribution >= 4 is 0 Å². The maximum absolute atomic E-state index is 10.9. The van der Waals surface area contributed by atoms with Crippen LogP contribution in [0.5, 0.6) is 0 Å². The third kappa shape index (κ3) is 2.48. The zero-order chi connectivity index (χ0) is 13.1. The normalized spacial score (nSPS) is 33.1. The molecule has 0 saturated heterocycles. The van der Waals surface area contributed by atoms with E-state index in [0.29, 0.717) is 5.92 Å². The highest BCUT2D eigenvalue weighted by Gasteiger charge is 2.53. The molecule has 3 heteroatoms. The molecule has 1 unspecified atom stereocenters. The lowest BCUT2D eigenvalue weighted by atomic mass is 9.59. The van der Waals surface area contributed by atoms with E-state index in [1.54, 1.807) is 7.11 Å². The Balaban J connectivity index is 3.01. The standard InChI is InChI=1S/C14H25NO2/c1-11(2)14(16,10-17-4)13(9-15)7-5-12(3)6-8-13/h11-12,16H,5-8,10H2,1-4H3. The number of hydrogen-bond donors (Lipinski definition) is 1. The maximum Gasteiger partial charge on any atom is 0.109 e. The van der Waals surface area contributed by atoms with Gasteiger partial charge in [0.1, 0.15) is 5.60 Å². The van der Waals surface area contributed by atoms with Gasteiger partial charge in [-0.1, -0.05) is 20.8 Å². The van der Waals surface area contributed by atoms with Gasteiger partial charge in [-0.05, 0) is 37.5 Å². The summed E-state index contributed by atoms with van der Waals surface area (Å²) < 4.78 is 5.17. The van der Waals surface area contributed by atoms with Crippen molar-refractivity contribution in [2.24, 2.45) is 17.3 Å². The molecule has 0 aromatic heterocycles. The quantitative estimate of drug-likeness (QED) is 0.820. The van der Waals surface area contributed by atoms with Crippen molar-refractivity contribution in [3.05, 3.63) is 0 Å². The van der Waals surface area contributed by atoms with E-state index in [4.69, 9.17) is 4.74 Å². The van der Waals surface area contributed by atoms with E-state index in [1.165, 1.54) is 0 Å². The minimum atomic E-state index is -1.03. The Morgan fingerprint density at radius 3 is 2.35 bits per heavy atom. The van der Waals surface area contributed by atoms with Gasteiger partial charge < -0.3 is 9.84 Å². The minimum absolute atomic E-state index is 0.0236. The van der Waals surface area contributed by atoms with E-state index in [1.807, 2.05) is 13.8 Å². The Kier molecular flexibility index (Phi) is 4.57. The smallest absolute Gasteiger partial charge is 0.109 e. The largest absolute Gasteiger partial charge is 0.386 e. The van der Waals surface area contributed by atoms with E-state index in [0.717, 1.165) is 25.7 Å². The van der Waals surface area contributed by atoms with Gasteiger partial charge in [0.25, 0.3) is 0 Å². The Morgan fingerprint density at radius 2 is 2.00 bits per heavy atom. The summed E-state index contributed by atoms with van der Waals surface area (Å²) >= 11 is 0. The molecule has 1 aliphatic rings. The third-order valence-electron chi connectivity index (χ3n) is 4.49. The maximum atomic E-state index is 10.9. The summed E-state index contributed by atoms with van der Waals surface area (Å²) in [6.07, 6.45) is 3.60. The van der Waals surface area contributed by atoms with Crippen molar-refractivity contribution in [2.75, 3.05) is 13.7 Å². The second-order valence-corrected chi connectivity index (χ2v) is 5.89. The van der Waals surface area contributed by atoms with Crippen LogP contribution < -0.4 is 0 Å². The Hall–Kier alpha value is -0.590. The molecular weight excluding hydrogens is 214 g/mol. The molecule has 0 amide bonds. The van der Waals surface area contributed by atoms with Crippen LogP contribution in [0.25, 0.3) is 0 Å².